The third-order valence-corrected chi connectivity index (χ3v) is 4.18. The van der Waals surface area contributed by atoms with Gasteiger partial charge in [0.05, 0.1) is 14.3 Å². The van der Waals surface area contributed by atoms with Gasteiger partial charge in [-0.1, -0.05) is 30.1 Å². The number of hydrogen-bond donors (Lipinski definition) is 1. The van der Waals surface area contributed by atoms with Gasteiger partial charge >= 0.3 is 0 Å². The zero-order valence-corrected chi connectivity index (χ0v) is 13.2. The number of aryl methyl sites for hydroxylation is 1. The van der Waals surface area contributed by atoms with Gasteiger partial charge < -0.3 is 5.73 Å². The van der Waals surface area contributed by atoms with Gasteiger partial charge in [-0.15, -0.1) is 0 Å². The van der Waals surface area contributed by atoms with Crippen molar-refractivity contribution in [3.63, 3.8) is 0 Å². The van der Waals surface area contributed by atoms with Crippen molar-refractivity contribution in [2.45, 2.75) is 13.3 Å². The highest BCUT2D eigenvalue weighted by Gasteiger charge is 2.12. The predicted octanol–water partition coefficient (Wildman–Crippen LogP) is 4.20. The summed E-state index contributed by atoms with van der Waals surface area (Å²) < 4.78 is 0.893. The van der Waals surface area contributed by atoms with Crippen LogP contribution in [0.5, 0.6) is 0 Å². The maximum absolute atomic E-state index is 6.14. The van der Waals surface area contributed by atoms with Crippen molar-refractivity contribution in [3.8, 4) is 11.4 Å². The molecule has 3 nitrogen and oxygen atoms in total. The topological polar surface area (TPSA) is 51.8 Å². The van der Waals surface area contributed by atoms with Crippen LogP contribution in [0.4, 0.5) is 5.82 Å². The van der Waals surface area contributed by atoms with Crippen molar-refractivity contribution in [2.75, 3.05) is 5.73 Å². The molecule has 0 amide bonds. The first-order chi connectivity index (χ1) is 8.52. The Morgan fingerprint density at radius 3 is 2.61 bits per heavy atom. The maximum Gasteiger partial charge on any atom is 0.163 e. The molecule has 0 fully saturated rings. The van der Waals surface area contributed by atoms with E-state index in [1.165, 1.54) is 0 Å². The van der Waals surface area contributed by atoms with Crippen LogP contribution < -0.4 is 5.73 Å². The van der Waals surface area contributed by atoms with Crippen molar-refractivity contribution in [1.82, 2.24) is 9.97 Å². The summed E-state index contributed by atoms with van der Waals surface area (Å²) in [6, 6.07) is 5.22. The molecule has 1 heterocycles. The molecule has 0 unspecified atom stereocenters. The van der Waals surface area contributed by atoms with Crippen molar-refractivity contribution in [3.05, 3.63) is 37.5 Å². The molecule has 0 aliphatic rings. The minimum Gasteiger partial charge on any atom is -0.383 e. The van der Waals surface area contributed by atoms with E-state index in [2.05, 4.69) is 32.6 Å². The molecule has 0 spiro atoms. The van der Waals surface area contributed by atoms with Gasteiger partial charge in [0.1, 0.15) is 5.82 Å². The summed E-state index contributed by atoms with van der Waals surface area (Å²) in [4.78, 5) is 8.76. The first-order valence-electron chi connectivity index (χ1n) is 5.30. The smallest absolute Gasteiger partial charge is 0.163 e. The fourth-order valence-corrected chi connectivity index (χ4v) is 2.65. The van der Waals surface area contributed by atoms with Gasteiger partial charge in [-0.3, -0.25) is 0 Å². The molecule has 0 bridgehead atoms. The van der Waals surface area contributed by atoms with Crippen LogP contribution in [0.2, 0.25) is 10.0 Å². The molecule has 2 N–H and O–H groups in total. The lowest BCUT2D eigenvalue weighted by Crippen LogP contribution is -2.04. The van der Waals surface area contributed by atoms with E-state index in [0.717, 1.165) is 21.2 Å². The summed E-state index contributed by atoms with van der Waals surface area (Å²) in [5.41, 5.74) is 7.54. The number of rotatable bonds is 2. The fraction of sp³-hybridized carbons (Fsp3) is 0.167. The molecule has 6 heteroatoms. The molecule has 0 saturated carbocycles. The first kappa shape index (κ1) is 13.8. The number of benzene rings is 1. The van der Waals surface area contributed by atoms with Crippen LogP contribution in [0.15, 0.2) is 18.2 Å². The van der Waals surface area contributed by atoms with Crippen molar-refractivity contribution < 1.29 is 0 Å². The second-order valence-corrected chi connectivity index (χ2v) is 5.59. The number of hydrogen-bond acceptors (Lipinski definition) is 3. The predicted molar refractivity (Wildman–Crippen MR) is 84.0 cm³/mol. The molecule has 0 aliphatic heterocycles. The highest BCUT2D eigenvalue weighted by atomic mass is 127. The first-order valence-corrected chi connectivity index (χ1v) is 7.13. The van der Waals surface area contributed by atoms with E-state index in [0.29, 0.717) is 21.7 Å². The highest BCUT2D eigenvalue weighted by Crippen LogP contribution is 2.30. The van der Waals surface area contributed by atoms with E-state index in [-0.39, 0.29) is 0 Å². The fourth-order valence-electron chi connectivity index (χ4n) is 1.54. The van der Waals surface area contributed by atoms with Crippen LogP contribution >= 0.6 is 45.8 Å². The Morgan fingerprint density at radius 2 is 2.00 bits per heavy atom. The Kier molecular flexibility index (Phi) is 4.29. The van der Waals surface area contributed by atoms with E-state index in [4.69, 9.17) is 28.9 Å². The molecule has 0 aliphatic carbocycles. The average molecular weight is 394 g/mol. The normalized spacial score (nSPS) is 10.7. The van der Waals surface area contributed by atoms with Gasteiger partial charge in [0, 0.05) is 10.6 Å². The van der Waals surface area contributed by atoms with Crippen molar-refractivity contribution >= 4 is 51.6 Å². The summed E-state index contributed by atoms with van der Waals surface area (Å²) in [7, 11) is 0. The Balaban J connectivity index is 2.60. The molecule has 94 valence electrons. The van der Waals surface area contributed by atoms with Gasteiger partial charge in [-0.05, 0) is 47.2 Å². The molecule has 0 radical (unpaired) electrons. The maximum atomic E-state index is 6.14. The Bertz CT molecular complexity index is 602. The molecular formula is C12H10Cl2IN3. The molecule has 2 rings (SSSR count). The zero-order valence-electron chi connectivity index (χ0n) is 9.54. The van der Waals surface area contributed by atoms with Crippen LogP contribution in [0, 0.1) is 3.57 Å². The van der Waals surface area contributed by atoms with Crippen LogP contribution in [-0.2, 0) is 6.42 Å². The summed E-state index contributed by atoms with van der Waals surface area (Å²) in [5, 5.41) is 1.10. The van der Waals surface area contributed by atoms with E-state index < -0.39 is 0 Å². The molecule has 1 aromatic carbocycles. The van der Waals surface area contributed by atoms with Crippen molar-refractivity contribution in [1.29, 1.82) is 0 Å². The number of halogens is 3. The molecule has 18 heavy (non-hydrogen) atoms. The summed E-state index contributed by atoms with van der Waals surface area (Å²) >= 11 is 14.2. The van der Waals surface area contributed by atoms with E-state index in [9.17, 15) is 0 Å². The number of nitrogen functional groups attached to an aromatic ring is 1. The number of nitrogens with zero attached hydrogens (tertiary/aromatic N) is 2. The average Bonchev–Trinajstić information content (AvgIpc) is 2.32. The zero-order chi connectivity index (χ0) is 13.3. The third kappa shape index (κ3) is 2.70. The Hall–Kier alpha value is -0.590. The number of nitrogens with two attached hydrogens (primary N) is 1. The summed E-state index contributed by atoms with van der Waals surface area (Å²) in [5.74, 6) is 1.01. The minimum absolute atomic E-state index is 0.475. The van der Waals surface area contributed by atoms with Gasteiger partial charge in [-0.2, -0.15) is 0 Å². The largest absolute Gasteiger partial charge is 0.383 e. The van der Waals surface area contributed by atoms with Gasteiger partial charge in [0.25, 0.3) is 0 Å². The van der Waals surface area contributed by atoms with E-state index >= 15 is 0 Å². The molecular weight excluding hydrogens is 384 g/mol. The summed E-state index contributed by atoms with van der Waals surface area (Å²) in [6.45, 7) is 2.02. The van der Waals surface area contributed by atoms with Gasteiger partial charge in [0.15, 0.2) is 5.82 Å². The van der Waals surface area contributed by atoms with E-state index in [1.807, 2.05) is 6.92 Å². The van der Waals surface area contributed by atoms with Gasteiger partial charge in [-0.25, -0.2) is 9.97 Å². The lowest BCUT2D eigenvalue weighted by molar-refractivity contribution is 0.994. The lowest BCUT2D eigenvalue weighted by atomic mass is 10.2. The second kappa shape index (κ2) is 5.59. The third-order valence-electron chi connectivity index (χ3n) is 2.45. The Morgan fingerprint density at radius 1 is 1.28 bits per heavy atom. The SMILES string of the molecule is CCc1nc(-c2ccc(Cl)cc2Cl)nc(N)c1I. The van der Waals surface area contributed by atoms with Crippen LogP contribution in [0.25, 0.3) is 11.4 Å². The monoisotopic (exact) mass is 393 g/mol. The lowest BCUT2D eigenvalue weighted by Gasteiger charge is -2.09. The van der Waals surface area contributed by atoms with Crippen molar-refractivity contribution in [2.24, 2.45) is 0 Å². The minimum atomic E-state index is 0.475. The van der Waals surface area contributed by atoms with E-state index in [1.54, 1.807) is 18.2 Å². The standard InChI is InChI=1S/C12H10Cl2IN3/c1-2-9-10(15)11(16)18-12(17-9)7-4-3-6(13)5-8(7)14/h3-5H,2H2,1H3,(H2,16,17,18). The van der Waals surface area contributed by atoms with Gasteiger partial charge in [0.2, 0.25) is 0 Å². The Labute approximate surface area is 129 Å². The summed E-state index contributed by atoms with van der Waals surface area (Å²) in [6.07, 6.45) is 0.795. The van der Waals surface area contributed by atoms with Crippen LogP contribution in [0.3, 0.4) is 0 Å². The quantitative estimate of drug-likeness (QED) is 0.778. The molecule has 0 saturated heterocycles. The molecule has 1 aromatic heterocycles. The molecule has 0 atom stereocenters. The number of anilines is 1. The number of aromatic nitrogens is 2. The highest BCUT2D eigenvalue weighted by molar-refractivity contribution is 14.1. The molecule has 2 aromatic rings. The van der Waals surface area contributed by atoms with Crippen LogP contribution in [0.1, 0.15) is 12.6 Å². The van der Waals surface area contributed by atoms with Crippen LogP contribution in [-0.4, -0.2) is 9.97 Å². The second-order valence-electron chi connectivity index (χ2n) is 3.67.